The number of guanidine groups is 1. The molecule has 2 aliphatic rings. The first-order valence-corrected chi connectivity index (χ1v) is 9.56. The summed E-state index contributed by atoms with van der Waals surface area (Å²) in [6, 6.07) is 0. The van der Waals surface area contributed by atoms with Crippen LogP contribution in [-0.4, -0.2) is 52.0 Å². The van der Waals surface area contributed by atoms with E-state index in [1.54, 1.807) is 0 Å². The van der Waals surface area contributed by atoms with Gasteiger partial charge >= 0.3 is 0 Å². The highest BCUT2D eigenvalue weighted by Crippen LogP contribution is 2.33. The minimum Gasteiger partial charge on any atom is -0.381 e. The normalized spacial score (nSPS) is 19.0. The highest BCUT2D eigenvalue weighted by molar-refractivity contribution is 14.0. The van der Waals surface area contributed by atoms with E-state index in [-0.39, 0.29) is 24.0 Å². The third-order valence-electron chi connectivity index (χ3n) is 4.53. The third kappa shape index (κ3) is 10.7. The number of hydrogen-bond donors (Lipinski definition) is 2. The standard InChI is InChI=1S/C18H35N3O2.HI/c1-2-19-18(20-10-3-5-16-6-7-16)21-11-4-12-23-15-17-8-13-22-14-9-17;/h16-17H,2-15H2,1H3,(H2,19,20,21);1H. The number of ether oxygens (including phenoxy) is 2. The zero-order valence-electron chi connectivity index (χ0n) is 15.2. The largest absolute Gasteiger partial charge is 0.381 e. The fourth-order valence-electron chi connectivity index (χ4n) is 2.87. The second-order valence-corrected chi connectivity index (χ2v) is 6.76. The Morgan fingerprint density at radius 2 is 1.88 bits per heavy atom. The molecule has 5 nitrogen and oxygen atoms in total. The van der Waals surface area contributed by atoms with E-state index in [0.29, 0.717) is 5.92 Å². The van der Waals surface area contributed by atoms with Crippen molar-refractivity contribution in [2.24, 2.45) is 16.8 Å². The van der Waals surface area contributed by atoms with Crippen molar-refractivity contribution >= 4 is 29.9 Å². The molecule has 1 heterocycles. The molecule has 0 aromatic heterocycles. The van der Waals surface area contributed by atoms with E-state index in [4.69, 9.17) is 9.47 Å². The minimum absolute atomic E-state index is 0. The number of rotatable bonds is 11. The molecule has 0 aromatic rings. The number of halogens is 1. The van der Waals surface area contributed by atoms with Gasteiger partial charge in [-0.2, -0.15) is 0 Å². The van der Waals surface area contributed by atoms with Crippen LogP contribution >= 0.6 is 24.0 Å². The van der Waals surface area contributed by atoms with Crippen molar-refractivity contribution in [1.29, 1.82) is 0 Å². The lowest BCUT2D eigenvalue weighted by Gasteiger charge is -2.21. The summed E-state index contributed by atoms with van der Waals surface area (Å²) >= 11 is 0. The zero-order chi connectivity index (χ0) is 16.2. The Bertz CT molecular complexity index is 332. The fraction of sp³-hybridized carbons (Fsp3) is 0.944. The van der Waals surface area contributed by atoms with Gasteiger partial charge in [-0.1, -0.05) is 12.8 Å². The molecule has 142 valence electrons. The molecular weight excluding hydrogens is 417 g/mol. The van der Waals surface area contributed by atoms with Gasteiger partial charge in [-0.05, 0) is 50.9 Å². The van der Waals surface area contributed by atoms with E-state index >= 15 is 0 Å². The Labute approximate surface area is 164 Å². The van der Waals surface area contributed by atoms with Crippen LogP contribution in [0, 0.1) is 11.8 Å². The smallest absolute Gasteiger partial charge is 0.191 e. The van der Waals surface area contributed by atoms with Gasteiger partial charge in [0, 0.05) is 46.1 Å². The van der Waals surface area contributed by atoms with Crippen molar-refractivity contribution in [2.45, 2.75) is 51.9 Å². The summed E-state index contributed by atoms with van der Waals surface area (Å²) in [7, 11) is 0. The lowest BCUT2D eigenvalue weighted by Crippen LogP contribution is -2.38. The quantitative estimate of drug-likeness (QED) is 0.218. The Balaban J connectivity index is 0.00000288. The first kappa shape index (κ1) is 22.0. The first-order chi connectivity index (χ1) is 11.4. The predicted octanol–water partition coefficient (Wildman–Crippen LogP) is 3.18. The Morgan fingerprint density at radius 1 is 1.08 bits per heavy atom. The number of nitrogens with zero attached hydrogens (tertiary/aromatic N) is 1. The summed E-state index contributed by atoms with van der Waals surface area (Å²) in [6.07, 6.45) is 8.79. The van der Waals surface area contributed by atoms with Crippen LogP contribution in [0.15, 0.2) is 4.99 Å². The van der Waals surface area contributed by atoms with Crippen LogP contribution in [0.4, 0.5) is 0 Å². The summed E-state index contributed by atoms with van der Waals surface area (Å²) < 4.78 is 11.1. The van der Waals surface area contributed by atoms with E-state index in [1.165, 1.54) is 25.7 Å². The molecule has 24 heavy (non-hydrogen) atoms. The van der Waals surface area contributed by atoms with Gasteiger partial charge in [0.25, 0.3) is 0 Å². The Kier molecular flexibility index (Phi) is 12.9. The molecule has 0 spiro atoms. The highest BCUT2D eigenvalue weighted by Gasteiger charge is 2.19. The molecule has 0 aromatic carbocycles. The highest BCUT2D eigenvalue weighted by atomic mass is 127. The topological polar surface area (TPSA) is 54.9 Å². The summed E-state index contributed by atoms with van der Waals surface area (Å²) in [6.45, 7) is 8.36. The number of aliphatic imine (C=N–C) groups is 1. The molecule has 1 saturated carbocycles. The first-order valence-electron chi connectivity index (χ1n) is 9.56. The molecule has 2 N–H and O–H groups in total. The van der Waals surface area contributed by atoms with Gasteiger partial charge in [0.1, 0.15) is 0 Å². The lowest BCUT2D eigenvalue weighted by molar-refractivity contribution is 0.0205. The SMILES string of the molecule is CCNC(=NCCCOCC1CCOCC1)NCCCC1CC1.I. The minimum atomic E-state index is 0. The van der Waals surface area contributed by atoms with Crippen molar-refractivity contribution in [3.8, 4) is 0 Å². The van der Waals surface area contributed by atoms with Gasteiger partial charge in [0.05, 0.1) is 0 Å². The Hall–Kier alpha value is -0.0800. The number of nitrogens with one attached hydrogen (secondary N) is 2. The van der Waals surface area contributed by atoms with Crippen LogP contribution in [0.3, 0.4) is 0 Å². The molecule has 2 rings (SSSR count). The molecule has 0 bridgehead atoms. The molecule has 1 saturated heterocycles. The van der Waals surface area contributed by atoms with Gasteiger partial charge in [0.15, 0.2) is 5.96 Å². The summed E-state index contributed by atoms with van der Waals surface area (Å²) in [5, 5.41) is 6.74. The summed E-state index contributed by atoms with van der Waals surface area (Å²) in [5.41, 5.74) is 0. The van der Waals surface area contributed by atoms with Crippen LogP contribution in [-0.2, 0) is 9.47 Å². The molecule has 0 radical (unpaired) electrons. The molecule has 0 amide bonds. The molecule has 1 aliphatic heterocycles. The molecular formula is C18H36IN3O2. The average Bonchev–Trinajstić information content (AvgIpc) is 3.40. The predicted molar refractivity (Wildman–Crippen MR) is 110 cm³/mol. The van der Waals surface area contributed by atoms with Crippen molar-refractivity contribution < 1.29 is 9.47 Å². The Morgan fingerprint density at radius 3 is 2.58 bits per heavy atom. The summed E-state index contributed by atoms with van der Waals surface area (Å²) in [4.78, 5) is 4.62. The van der Waals surface area contributed by atoms with Gasteiger partial charge in [0.2, 0.25) is 0 Å². The monoisotopic (exact) mass is 453 g/mol. The van der Waals surface area contributed by atoms with Crippen LogP contribution in [0.1, 0.15) is 51.9 Å². The van der Waals surface area contributed by atoms with E-state index in [0.717, 1.165) is 77.2 Å². The van der Waals surface area contributed by atoms with Gasteiger partial charge in [-0.15, -0.1) is 24.0 Å². The molecule has 6 heteroatoms. The fourth-order valence-corrected chi connectivity index (χ4v) is 2.87. The third-order valence-corrected chi connectivity index (χ3v) is 4.53. The molecule has 2 fully saturated rings. The van der Waals surface area contributed by atoms with Gasteiger partial charge < -0.3 is 20.1 Å². The molecule has 0 atom stereocenters. The maximum Gasteiger partial charge on any atom is 0.191 e. The maximum absolute atomic E-state index is 5.78. The van der Waals surface area contributed by atoms with E-state index < -0.39 is 0 Å². The molecule has 1 aliphatic carbocycles. The van der Waals surface area contributed by atoms with Crippen LogP contribution < -0.4 is 10.6 Å². The van der Waals surface area contributed by atoms with Crippen LogP contribution in [0.2, 0.25) is 0 Å². The second kappa shape index (κ2) is 14.1. The van der Waals surface area contributed by atoms with Crippen LogP contribution in [0.25, 0.3) is 0 Å². The van der Waals surface area contributed by atoms with Crippen molar-refractivity contribution in [3.63, 3.8) is 0 Å². The van der Waals surface area contributed by atoms with Crippen molar-refractivity contribution in [1.82, 2.24) is 10.6 Å². The summed E-state index contributed by atoms with van der Waals surface area (Å²) in [5.74, 6) is 2.66. The van der Waals surface area contributed by atoms with E-state index in [1.807, 2.05) is 0 Å². The average molecular weight is 453 g/mol. The van der Waals surface area contributed by atoms with E-state index in [9.17, 15) is 0 Å². The zero-order valence-corrected chi connectivity index (χ0v) is 17.6. The number of hydrogen-bond acceptors (Lipinski definition) is 3. The lowest BCUT2D eigenvalue weighted by atomic mass is 10.0. The van der Waals surface area contributed by atoms with E-state index in [2.05, 4.69) is 22.5 Å². The van der Waals surface area contributed by atoms with Crippen molar-refractivity contribution in [3.05, 3.63) is 0 Å². The second-order valence-electron chi connectivity index (χ2n) is 6.76. The van der Waals surface area contributed by atoms with Gasteiger partial charge in [-0.3, -0.25) is 4.99 Å². The van der Waals surface area contributed by atoms with Gasteiger partial charge in [-0.25, -0.2) is 0 Å². The maximum atomic E-state index is 5.78. The van der Waals surface area contributed by atoms with Crippen LogP contribution in [0.5, 0.6) is 0 Å². The van der Waals surface area contributed by atoms with Crippen molar-refractivity contribution in [2.75, 3.05) is 46.1 Å². The molecule has 0 unspecified atom stereocenters.